The third-order valence-electron chi connectivity index (χ3n) is 3.26. The highest BCUT2D eigenvalue weighted by Gasteiger charge is 2.12. The zero-order chi connectivity index (χ0) is 18.4. The van der Waals surface area contributed by atoms with Crippen molar-refractivity contribution >= 4 is 46.4 Å². The average molecular weight is 360 g/mol. The van der Waals surface area contributed by atoms with Crippen LogP contribution < -0.4 is 16.0 Å². The zero-order valence-electron chi connectivity index (χ0n) is 13.9. The maximum atomic E-state index is 12.0. The molecule has 0 aliphatic carbocycles. The molecule has 25 heavy (non-hydrogen) atoms. The first kappa shape index (κ1) is 18.5. The van der Waals surface area contributed by atoms with Crippen LogP contribution in [0.1, 0.15) is 18.9 Å². The minimum atomic E-state index is -0.461. The van der Waals surface area contributed by atoms with Crippen molar-refractivity contribution in [3.63, 3.8) is 0 Å². The van der Waals surface area contributed by atoms with Crippen LogP contribution in [0.5, 0.6) is 0 Å². The summed E-state index contributed by atoms with van der Waals surface area (Å²) in [5, 5.41) is 8.41. The molecule has 0 unspecified atom stereocenters. The van der Waals surface area contributed by atoms with Crippen molar-refractivity contribution < 1.29 is 14.4 Å². The molecule has 0 bridgehead atoms. The number of hydrogen-bond donors (Lipinski definition) is 3. The van der Waals surface area contributed by atoms with Crippen LogP contribution in [0, 0.1) is 6.92 Å². The first-order valence-electron chi connectivity index (χ1n) is 7.57. The zero-order valence-corrected chi connectivity index (χ0v) is 14.6. The van der Waals surface area contributed by atoms with Gasteiger partial charge >= 0.3 is 0 Å². The Hall–Kier alpha value is -2.86. The van der Waals surface area contributed by atoms with Crippen LogP contribution in [0.4, 0.5) is 17.1 Å². The van der Waals surface area contributed by atoms with E-state index in [9.17, 15) is 14.4 Å². The van der Waals surface area contributed by atoms with Crippen LogP contribution in [0.2, 0.25) is 5.02 Å². The molecule has 0 atom stereocenters. The molecule has 0 radical (unpaired) electrons. The molecule has 6 nitrogen and oxygen atoms in total. The molecule has 0 saturated heterocycles. The Labute approximate surface area is 150 Å². The van der Waals surface area contributed by atoms with E-state index in [1.165, 1.54) is 6.92 Å². The van der Waals surface area contributed by atoms with Gasteiger partial charge in [-0.2, -0.15) is 0 Å². The lowest BCUT2D eigenvalue weighted by atomic mass is 10.2. The molecule has 2 rings (SSSR count). The monoisotopic (exact) mass is 359 g/mol. The van der Waals surface area contributed by atoms with Crippen LogP contribution in [0.15, 0.2) is 42.5 Å². The maximum Gasteiger partial charge on any atom is 0.233 e. The average Bonchev–Trinajstić information content (AvgIpc) is 2.50. The van der Waals surface area contributed by atoms with E-state index in [1.54, 1.807) is 42.5 Å². The van der Waals surface area contributed by atoms with E-state index in [2.05, 4.69) is 16.0 Å². The molecule has 130 valence electrons. The van der Waals surface area contributed by atoms with Gasteiger partial charge in [-0.1, -0.05) is 23.7 Å². The third-order valence-corrected chi connectivity index (χ3v) is 3.50. The smallest absolute Gasteiger partial charge is 0.233 e. The number of aryl methyl sites for hydroxylation is 1. The van der Waals surface area contributed by atoms with Crippen molar-refractivity contribution in [1.82, 2.24) is 0 Å². The predicted octanol–water partition coefficient (Wildman–Crippen LogP) is 3.57. The van der Waals surface area contributed by atoms with Gasteiger partial charge in [-0.3, -0.25) is 14.4 Å². The second-order valence-corrected chi connectivity index (χ2v) is 5.93. The van der Waals surface area contributed by atoms with Gasteiger partial charge in [0.2, 0.25) is 17.7 Å². The van der Waals surface area contributed by atoms with Crippen molar-refractivity contribution in [2.45, 2.75) is 20.3 Å². The normalized spacial score (nSPS) is 10.0. The SMILES string of the molecule is CC(=O)Nc1cccc(NC(=O)CC(=O)Nc2cc(Cl)ccc2C)c1. The lowest BCUT2D eigenvalue weighted by Gasteiger charge is -2.10. The number of amides is 3. The Bertz CT molecular complexity index is 821. The second kappa shape index (κ2) is 8.30. The summed E-state index contributed by atoms with van der Waals surface area (Å²) in [7, 11) is 0. The van der Waals surface area contributed by atoms with Crippen molar-refractivity contribution in [2.24, 2.45) is 0 Å². The summed E-state index contributed by atoms with van der Waals surface area (Å²) in [4.78, 5) is 35.1. The first-order valence-corrected chi connectivity index (χ1v) is 7.95. The summed E-state index contributed by atoms with van der Waals surface area (Å²) in [5.41, 5.74) is 2.46. The first-order chi connectivity index (χ1) is 11.8. The predicted molar refractivity (Wildman–Crippen MR) is 98.8 cm³/mol. The number of halogens is 1. The molecular formula is C18H18ClN3O3. The van der Waals surface area contributed by atoms with Crippen molar-refractivity contribution in [2.75, 3.05) is 16.0 Å². The molecule has 2 aromatic rings. The molecule has 0 aliphatic rings. The highest BCUT2D eigenvalue weighted by molar-refractivity contribution is 6.31. The molecule has 0 heterocycles. The number of carbonyl (C=O) groups is 3. The Morgan fingerprint density at radius 2 is 1.56 bits per heavy atom. The number of benzene rings is 2. The van der Waals surface area contributed by atoms with E-state index in [0.717, 1.165) is 5.56 Å². The van der Waals surface area contributed by atoms with Gasteiger partial charge in [0, 0.05) is 29.0 Å². The summed E-state index contributed by atoms with van der Waals surface area (Å²) in [5.74, 6) is -1.11. The van der Waals surface area contributed by atoms with Crippen molar-refractivity contribution in [3.05, 3.63) is 53.1 Å². The van der Waals surface area contributed by atoms with Gasteiger partial charge in [0.1, 0.15) is 6.42 Å². The van der Waals surface area contributed by atoms with Gasteiger partial charge < -0.3 is 16.0 Å². The fourth-order valence-corrected chi connectivity index (χ4v) is 2.32. The Morgan fingerprint density at radius 3 is 2.24 bits per heavy atom. The largest absolute Gasteiger partial charge is 0.326 e. The van der Waals surface area contributed by atoms with E-state index < -0.39 is 11.8 Å². The highest BCUT2D eigenvalue weighted by atomic mass is 35.5. The Kier molecular flexibility index (Phi) is 6.14. The minimum Gasteiger partial charge on any atom is -0.326 e. The topological polar surface area (TPSA) is 87.3 Å². The van der Waals surface area contributed by atoms with Gasteiger partial charge in [-0.25, -0.2) is 0 Å². The third kappa shape index (κ3) is 5.93. The molecular weight excluding hydrogens is 342 g/mol. The molecule has 0 aliphatic heterocycles. The molecule has 0 fully saturated rings. The fraction of sp³-hybridized carbons (Fsp3) is 0.167. The molecule has 3 amide bonds. The number of rotatable bonds is 5. The van der Waals surface area contributed by atoms with E-state index in [1.807, 2.05) is 6.92 Å². The summed E-state index contributed by atoms with van der Waals surface area (Å²) in [6.07, 6.45) is -0.337. The number of hydrogen-bond acceptors (Lipinski definition) is 3. The van der Waals surface area contributed by atoms with Crippen LogP contribution >= 0.6 is 11.6 Å². The van der Waals surface area contributed by atoms with Gasteiger partial charge in [-0.15, -0.1) is 0 Å². The van der Waals surface area contributed by atoms with Gasteiger partial charge in [0.25, 0.3) is 0 Å². The maximum absolute atomic E-state index is 12.0. The van der Waals surface area contributed by atoms with Crippen LogP contribution in [-0.2, 0) is 14.4 Å². The van der Waals surface area contributed by atoms with E-state index in [-0.39, 0.29) is 12.3 Å². The number of nitrogens with one attached hydrogen (secondary N) is 3. The quantitative estimate of drug-likeness (QED) is 0.713. The van der Waals surface area contributed by atoms with Crippen LogP contribution in [-0.4, -0.2) is 17.7 Å². The van der Waals surface area contributed by atoms with Gasteiger partial charge in [-0.05, 0) is 42.8 Å². The lowest BCUT2D eigenvalue weighted by Crippen LogP contribution is -2.21. The van der Waals surface area contributed by atoms with Crippen LogP contribution in [0.3, 0.4) is 0 Å². The number of anilines is 3. The number of carbonyl (C=O) groups excluding carboxylic acids is 3. The van der Waals surface area contributed by atoms with Crippen molar-refractivity contribution in [1.29, 1.82) is 0 Å². The van der Waals surface area contributed by atoms with Crippen LogP contribution in [0.25, 0.3) is 0 Å². The summed E-state index contributed by atoms with van der Waals surface area (Å²) < 4.78 is 0. The summed E-state index contributed by atoms with van der Waals surface area (Å²) >= 11 is 5.90. The Balaban J connectivity index is 1.94. The lowest BCUT2D eigenvalue weighted by molar-refractivity contribution is -0.123. The fourth-order valence-electron chi connectivity index (χ4n) is 2.15. The standard InChI is InChI=1S/C18H18ClN3O3/c1-11-6-7-13(19)8-16(11)22-18(25)10-17(24)21-15-5-3-4-14(9-15)20-12(2)23/h3-9H,10H2,1-2H3,(H,20,23)(H,21,24)(H,22,25). The highest BCUT2D eigenvalue weighted by Crippen LogP contribution is 2.20. The molecule has 2 aromatic carbocycles. The van der Waals surface area contributed by atoms with E-state index in [4.69, 9.17) is 11.6 Å². The summed E-state index contributed by atoms with van der Waals surface area (Å²) in [6.45, 7) is 3.23. The van der Waals surface area contributed by atoms with Crippen molar-refractivity contribution in [3.8, 4) is 0 Å². The molecule has 7 heteroatoms. The second-order valence-electron chi connectivity index (χ2n) is 5.49. The van der Waals surface area contributed by atoms with E-state index >= 15 is 0 Å². The van der Waals surface area contributed by atoms with Gasteiger partial charge in [0.05, 0.1) is 0 Å². The van der Waals surface area contributed by atoms with E-state index in [0.29, 0.717) is 22.1 Å². The van der Waals surface area contributed by atoms with Gasteiger partial charge in [0.15, 0.2) is 0 Å². The molecule has 0 spiro atoms. The minimum absolute atomic E-state index is 0.209. The Morgan fingerprint density at radius 1 is 0.920 bits per heavy atom. The summed E-state index contributed by atoms with van der Waals surface area (Å²) in [6, 6.07) is 11.8. The molecule has 0 saturated carbocycles. The molecule has 0 aromatic heterocycles. The molecule has 3 N–H and O–H groups in total.